The summed E-state index contributed by atoms with van der Waals surface area (Å²) in [4.78, 5) is 15.7. The molecular formula is C12H21N3O. The van der Waals surface area contributed by atoms with Gasteiger partial charge in [-0.05, 0) is 32.9 Å². The molecule has 0 saturated heterocycles. The lowest BCUT2D eigenvalue weighted by molar-refractivity contribution is 0.431. The minimum absolute atomic E-state index is 0.145. The summed E-state index contributed by atoms with van der Waals surface area (Å²) in [6.45, 7) is 9.62. The fraction of sp³-hybridized carbons (Fsp3) is 0.667. The van der Waals surface area contributed by atoms with Crippen LogP contribution in [-0.4, -0.2) is 22.1 Å². The Morgan fingerprint density at radius 3 is 2.62 bits per heavy atom. The van der Waals surface area contributed by atoms with Crippen LogP contribution in [0.2, 0.25) is 0 Å². The summed E-state index contributed by atoms with van der Waals surface area (Å²) < 4.78 is 1.74. The maximum atomic E-state index is 11.7. The number of aromatic nitrogens is 2. The molecule has 1 rings (SSSR count). The summed E-state index contributed by atoms with van der Waals surface area (Å²) in [6.07, 6.45) is 1.01. The Bertz CT molecular complexity index is 398. The van der Waals surface area contributed by atoms with Crippen molar-refractivity contribution < 1.29 is 0 Å². The van der Waals surface area contributed by atoms with Crippen LogP contribution in [0.3, 0.4) is 0 Å². The van der Waals surface area contributed by atoms with Crippen molar-refractivity contribution >= 4 is 0 Å². The second-order valence-corrected chi connectivity index (χ2v) is 4.09. The second-order valence-electron chi connectivity index (χ2n) is 4.09. The average molecular weight is 223 g/mol. The van der Waals surface area contributed by atoms with Crippen LogP contribution >= 0.6 is 0 Å². The zero-order chi connectivity index (χ0) is 12.1. The number of nitrogens with zero attached hydrogens (tertiary/aromatic N) is 2. The molecule has 1 heterocycles. The molecule has 0 aliphatic carbocycles. The summed E-state index contributed by atoms with van der Waals surface area (Å²) in [6, 6.07) is 2.28. The van der Waals surface area contributed by atoms with Crippen molar-refractivity contribution in [2.45, 2.75) is 46.7 Å². The molecule has 0 saturated carbocycles. The van der Waals surface area contributed by atoms with Gasteiger partial charge in [0.1, 0.15) is 0 Å². The summed E-state index contributed by atoms with van der Waals surface area (Å²) in [5, 5.41) is 3.36. The Kier molecular flexibility index (Phi) is 4.68. The minimum Gasteiger partial charge on any atom is -0.312 e. The lowest BCUT2D eigenvalue weighted by atomic mass is 10.2. The van der Waals surface area contributed by atoms with E-state index in [9.17, 15) is 4.79 Å². The van der Waals surface area contributed by atoms with Crippen LogP contribution in [0, 0.1) is 13.8 Å². The Morgan fingerprint density at radius 1 is 1.44 bits per heavy atom. The SMILES string of the molecule is CCNC(CC)Cn1c(C)cc(C)nc1=O. The molecule has 4 heteroatoms. The summed E-state index contributed by atoms with van der Waals surface area (Å²) >= 11 is 0. The lowest BCUT2D eigenvalue weighted by Crippen LogP contribution is -2.37. The molecule has 0 aliphatic rings. The van der Waals surface area contributed by atoms with E-state index < -0.39 is 0 Å². The molecule has 90 valence electrons. The molecule has 0 radical (unpaired) electrons. The van der Waals surface area contributed by atoms with Crippen LogP contribution in [0.25, 0.3) is 0 Å². The van der Waals surface area contributed by atoms with Crippen molar-refractivity contribution in [2.75, 3.05) is 6.54 Å². The summed E-state index contributed by atoms with van der Waals surface area (Å²) in [5.74, 6) is 0. The van der Waals surface area contributed by atoms with Crippen molar-refractivity contribution in [3.63, 3.8) is 0 Å². The van der Waals surface area contributed by atoms with Crippen LogP contribution < -0.4 is 11.0 Å². The number of aryl methyl sites for hydroxylation is 2. The largest absolute Gasteiger partial charge is 0.348 e. The fourth-order valence-electron chi connectivity index (χ4n) is 1.84. The molecule has 0 aromatic carbocycles. The smallest absolute Gasteiger partial charge is 0.312 e. The highest BCUT2D eigenvalue weighted by Gasteiger charge is 2.09. The standard InChI is InChI=1S/C12H21N3O/c1-5-11(13-6-2)8-15-10(4)7-9(3)14-12(15)16/h7,11,13H,5-6,8H2,1-4H3. The van der Waals surface area contributed by atoms with Gasteiger partial charge in [0.15, 0.2) is 0 Å². The third-order valence-electron chi connectivity index (χ3n) is 2.73. The van der Waals surface area contributed by atoms with Gasteiger partial charge in [0.05, 0.1) is 0 Å². The van der Waals surface area contributed by atoms with E-state index in [2.05, 4.69) is 24.1 Å². The molecule has 0 amide bonds. The number of likely N-dealkylation sites (N-methyl/N-ethyl adjacent to an activating group) is 1. The van der Waals surface area contributed by atoms with E-state index in [1.54, 1.807) is 4.57 Å². The van der Waals surface area contributed by atoms with Gasteiger partial charge in [0.25, 0.3) is 0 Å². The van der Waals surface area contributed by atoms with Gasteiger partial charge < -0.3 is 5.32 Å². The van der Waals surface area contributed by atoms with Crippen LogP contribution in [-0.2, 0) is 6.54 Å². The molecule has 0 spiro atoms. The molecular weight excluding hydrogens is 202 g/mol. The van der Waals surface area contributed by atoms with Gasteiger partial charge in [-0.3, -0.25) is 4.57 Å². The van der Waals surface area contributed by atoms with Gasteiger partial charge >= 0.3 is 5.69 Å². The number of hydrogen-bond donors (Lipinski definition) is 1. The first-order valence-electron chi connectivity index (χ1n) is 5.87. The predicted octanol–water partition coefficient (Wildman–Crippen LogP) is 1.25. The van der Waals surface area contributed by atoms with Crippen molar-refractivity contribution in [3.05, 3.63) is 27.9 Å². The maximum absolute atomic E-state index is 11.7. The lowest BCUT2D eigenvalue weighted by Gasteiger charge is -2.18. The number of hydrogen-bond acceptors (Lipinski definition) is 3. The molecule has 0 aliphatic heterocycles. The quantitative estimate of drug-likeness (QED) is 0.817. The van der Waals surface area contributed by atoms with Crippen LogP contribution in [0.15, 0.2) is 10.9 Å². The molecule has 1 atom stereocenters. The van der Waals surface area contributed by atoms with Gasteiger partial charge in [0, 0.05) is 24.0 Å². The maximum Gasteiger partial charge on any atom is 0.348 e. The average Bonchev–Trinajstić information content (AvgIpc) is 2.21. The van der Waals surface area contributed by atoms with Gasteiger partial charge in [0.2, 0.25) is 0 Å². The van der Waals surface area contributed by atoms with Crippen molar-refractivity contribution in [1.82, 2.24) is 14.9 Å². The van der Waals surface area contributed by atoms with E-state index in [1.807, 2.05) is 19.9 Å². The number of nitrogens with one attached hydrogen (secondary N) is 1. The van der Waals surface area contributed by atoms with Crippen molar-refractivity contribution in [1.29, 1.82) is 0 Å². The van der Waals surface area contributed by atoms with Gasteiger partial charge in [-0.1, -0.05) is 13.8 Å². The normalized spacial score (nSPS) is 12.8. The first kappa shape index (κ1) is 12.9. The van der Waals surface area contributed by atoms with E-state index in [1.165, 1.54) is 0 Å². The molecule has 1 unspecified atom stereocenters. The first-order chi connectivity index (χ1) is 7.58. The van der Waals surface area contributed by atoms with Gasteiger partial charge in [-0.25, -0.2) is 4.79 Å². The van der Waals surface area contributed by atoms with Crippen LogP contribution in [0.4, 0.5) is 0 Å². The van der Waals surface area contributed by atoms with Gasteiger partial charge in [-0.2, -0.15) is 4.98 Å². The van der Waals surface area contributed by atoms with E-state index in [-0.39, 0.29) is 5.69 Å². The molecule has 1 aromatic heterocycles. The zero-order valence-corrected chi connectivity index (χ0v) is 10.6. The molecule has 0 bridgehead atoms. The highest BCUT2D eigenvalue weighted by Crippen LogP contribution is 2.00. The van der Waals surface area contributed by atoms with Crippen molar-refractivity contribution in [3.8, 4) is 0 Å². The minimum atomic E-state index is -0.145. The van der Waals surface area contributed by atoms with Gasteiger partial charge in [-0.15, -0.1) is 0 Å². The predicted molar refractivity (Wildman–Crippen MR) is 65.7 cm³/mol. The molecule has 16 heavy (non-hydrogen) atoms. The van der Waals surface area contributed by atoms with E-state index >= 15 is 0 Å². The first-order valence-corrected chi connectivity index (χ1v) is 5.87. The molecule has 0 fully saturated rings. The molecule has 1 N–H and O–H groups in total. The topological polar surface area (TPSA) is 46.9 Å². The van der Waals surface area contributed by atoms with Crippen molar-refractivity contribution in [2.24, 2.45) is 0 Å². The highest BCUT2D eigenvalue weighted by molar-refractivity contribution is 5.06. The van der Waals surface area contributed by atoms with Crippen LogP contribution in [0.1, 0.15) is 31.7 Å². The summed E-state index contributed by atoms with van der Waals surface area (Å²) in [5.41, 5.74) is 1.62. The van der Waals surface area contributed by atoms with E-state index in [4.69, 9.17) is 0 Å². The number of rotatable bonds is 5. The van der Waals surface area contributed by atoms with E-state index in [0.29, 0.717) is 12.6 Å². The summed E-state index contributed by atoms with van der Waals surface area (Å²) in [7, 11) is 0. The third kappa shape index (κ3) is 3.17. The second kappa shape index (κ2) is 5.80. The highest BCUT2D eigenvalue weighted by atomic mass is 16.1. The molecule has 1 aromatic rings. The Balaban J connectivity index is 2.92. The Morgan fingerprint density at radius 2 is 2.12 bits per heavy atom. The van der Waals surface area contributed by atoms with E-state index in [0.717, 1.165) is 24.4 Å². The fourth-order valence-corrected chi connectivity index (χ4v) is 1.84. The monoisotopic (exact) mass is 223 g/mol. The van der Waals surface area contributed by atoms with Crippen LogP contribution in [0.5, 0.6) is 0 Å². The third-order valence-corrected chi connectivity index (χ3v) is 2.73. The Labute approximate surface area is 96.7 Å². The zero-order valence-electron chi connectivity index (χ0n) is 10.6. The molecule has 4 nitrogen and oxygen atoms in total. The Hall–Kier alpha value is -1.16.